The second-order valence-corrected chi connectivity index (χ2v) is 6.79. The molecule has 0 amide bonds. The molecule has 1 rings (SSSR count). The summed E-state index contributed by atoms with van der Waals surface area (Å²) in [7, 11) is 0. The van der Waals surface area contributed by atoms with Gasteiger partial charge in [0.25, 0.3) is 0 Å². The maximum Gasteiger partial charge on any atom is 0.309 e. The molecule has 3 unspecified atom stereocenters. The highest BCUT2D eigenvalue weighted by Gasteiger charge is 2.37. The number of carbonyl (C=O) groups is 1. The van der Waals surface area contributed by atoms with Crippen LogP contribution in [0.25, 0.3) is 0 Å². The van der Waals surface area contributed by atoms with Gasteiger partial charge in [-0.1, -0.05) is 55.0 Å². The predicted molar refractivity (Wildman–Crippen MR) is 85.2 cm³/mol. The smallest absolute Gasteiger partial charge is 0.309 e. The lowest BCUT2D eigenvalue weighted by Gasteiger charge is -2.15. The Labute approximate surface area is 131 Å². The zero-order valence-corrected chi connectivity index (χ0v) is 14.5. The molecule has 1 saturated carbocycles. The summed E-state index contributed by atoms with van der Waals surface area (Å²) in [4.78, 5) is 12.0. The first kappa shape index (κ1) is 18.0. The fraction of sp³-hybridized carbons (Fsp3) is 0.938. The van der Waals surface area contributed by atoms with Gasteiger partial charge in [-0.05, 0) is 26.2 Å². The van der Waals surface area contributed by atoms with Gasteiger partial charge in [0.05, 0.1) is 18.6 Å². The lowest BCUT2D eigenvalue weighted by atomic mass is 10.1. The van der Waals surface area contributed by atoms with Crippen molar-refractivity contribution in [3.8, 4) is 0 Å². The Morgan fingerprint density at radius 2 is 1.80 bits per heavy atom. The van der Waals surface area contributed by atoms with E-state index in [1.165, 1.54) is 32.1 Å². The van der Waals surface area contributed by atoms with Crippen LogP contribution in [-0.2, 0) is 14.3 Å². The Kier molecular flexibility index (Phi) is 9.53. The molecule has 20 heavy (non-hydrogen) atoms. The van der Waals surface area contributed by atoms with E-state index in [0.29, 0.717) is 6.61 Å². The summed E-state index contributed by atoms with van der Waals surface area (Å²) < 4.78 is 11.0. The molecule has 0 bridgehead atoms. The molecule has 0 spiro atoms. The molecule has 0 aliphatic heterocycles. The van der Waals surface area contributed by atoms with Crippen molar-refractivity contribution < 1.29 is 14.3 Å². The molecule has 0 radical (unpaired) electrons. The first-order chi connectivity index (χ1) is 9.69. The number of esters is 1. The molecule has 0 aromatic heterocycles. The minimum Gasteiger partial charge on any atom is -0.466 e. The van der Waals surface area contributed by atoms with Crippen LogP contribution in [0.1, 0.15) is 65.2 Å². The normalized spacial score (nSPS) is 25.9. The largest absolute Gasteiger partial charge is 0.466 e. The van der Waals surface area contributed by atoms with Gasteiger partial charge in [0.15, 0.2) is 0 Å². The van der Waals surface area contributed by atoms with E-state index < -0.39 is 0 Å². The predicted octanol–water partition coefficient (Wildman–Crippen LogP) is 4.47. The minimum atomic E-state index is -0.0670. The van der Waals surface area contributed by atoms with E-state index in [9.17, 15) is 4.79 Å². The van der Waals surface area contributed by atoms with E-state index in [1.54, 1.807) is 0 Å². The van der Waals surface area contributed by atoms with E-state index >= 15 is 0 Å². The number of hydrogen-bond donors (Lipinski definition) is 0. The first-order valence-electron chi connectivity index (χ1n) is 8.11. The fourth-order valence-electron chi connectivity index (χ4n) is 2.69. The average molecular weight is 349 g/mol. The number of ether oxygens (including phenoxy) is 2. The Bertz CT molecular complexity index is 270. The van der Waals surface area contributed by atoms with Crippen molar-refractivity contribution in [3.63, 3.8) is 0 Å². The lowest BCUT2D eigenvalue weighted by molar-refractivity contribution is -0.148. The highest BCUT2D eigenvalue weighted by atomic mass is 79.9. The third-order valence-corrected chi connectivity index (χ3v) is 4.84. The molecule has 3 nitrogen and oxygen atoms in total. The molecule has 1 aliphatic carbocycles. The number of hydrogen-bond acceptors (Lipinski definition) is 3. The number of unbranched alkanes of at least 4 members (excludes halogenated alkanes) is 5. The van der Waals surface area contributed by atoms with E-state index in [2.05, 4.69) is 22.9 Å². The van der Waals surface area contributed by atoms with E-state index in [0.717, 1.165) is 25.9 Å². The summed E-state index contributed by atoms with van der Waals surface area (Å²) in [6.45, 7) is 5.37. The quantitative estimate of drug-likeness (QED) is 0.332. The summed E-state index contributed by atoms with van der Waals surface area (Å²) in [5.74, 6) is -0.0588. The van der Waals surface area contributed by atoms with E-state index in [4.69, 9.17) is 9.47 Å². The van der Waals surface area contributed by atoms with Crippen LogP contribution in [0.3, 0.4) is 0 Å². The Hall–Kier alpha value is -0.0900. The highest BCUT2D eigenvalue weighted by molar-refractivity contribution is 9.09. The van der Waals surface area contributed by atoms with Gasteiger partial charge in [-0.25, -0.2) is 0 Å². The van der Waals surface area contributed by atoms with Crippen molar-refractivity contribution in [1.82, 2.24) is 0 Å². The van der Waals surface area contributed by atoms with E-state index in [1.807, 2.05) is 6.92 Å². The Morgan fingerprint density at radius 1 is 1.10 bits per heavy atom. The van der Waals surface area contributed by atoms with Crippen molar-refractivity contribution >= 4 is 21.9 Å². The third-order valence-electron chi connectivity index (χ3n) is 3.88. The Balaban J connectivity index is 2.10. The highest BCUT2D eigenvalue weighted by Crippen LogP contribution is 2.34. The van der Waals surface area contributed by atoms with Crippen molar-refractivity contribution in [2.45, 2.75) is 76.1 Å². The molecular formula is C16H29BrO3. The number of rotatable bonds is 10. The summed E-state index contributed by atoms with van der Waals surface area (Å²) in [5, 5.41) is 0. The molecule has 118 valence electrons. The van der Waals surface area contributed by atoms with Crippen LogP contribution in [0.4, 0.5) is 0 Å². The second-order valence-electron chi connectivity index (χ2n) is 5.61. The van der Waals surface area contributed by atoms with Crippen molar-refractivity contribution in [2.75, 3.05) is 13.2 Å². The standard InChI is InChI=1S/C16H29BrO3/c1-3-5-6-7-8-9-10-20-15-12-13(11-14(15)17)16(18)19-4-2/h13-15H,3-12H2,1-2H3. The van der Waals surface area contributed by atoms with Gasteiger partial charge in [-0.2, -0.15) is 0 Å². The molecule has 3 atom stereocenters. The van der Waals surface area contributed by atoms with Crippen LogP contribution < -0.4 is 0 Å². The van der Waals surface area contributed by atoms with Gasteiger partial charge in [-0.15, -0.1) is 0 Å². The minimum absolute atomic E-state index is 0.00822. The van der Waals surface area contributed by atoms with Gasteiger partial charge in [0.2, 0.25) is 0 Å². The number of halogens is 1. The van der Waals surface area contributed by atoms with Crippen LogP contribution in [0.5, 0.6) is 0 Å². The molecule has 1 aliphatic rings. The molecule has 0 saturated heterocycles. The molecule has 1 fully saturated rings. The van der Waals surface area contributed by atoms with Crippen LogP contribution in [-0.4, -0.2) is 30.1 Å². The van der Waals surface area contributed by atoms with Crippen LogP contribution >= 0.6 is 15.9 Å². The third kappa shape index (κ3) is 6.57. The van der Waals surface area contributed by atoms with Crippen LogP contribution in [0.15, 0.2) is 0 Å². The number of alkyl halides is 1. The van der Waals surface area contributed by atoms with Crippen molar-refractivity contribution in [3.05, 3.63) is 0 Å². The first-order valence-corrected chi connectivity index (χ1v) is 9.02. The average Bonchev–Trinajstić information content (AvgIpc) is 2.80. The zero-order valence-electron chi connectivity index (χ0n) is 12.9. The summed E-state index contributed by atoms with van der Waals surface area (Å²) >= 11 is 3.64. The SMILES string of the molecule is CCCCCCCCOC1CC(C(=O)OCC)CC1Br. The van der Waals surface area contributed by atoms with Gasteiger partial charge in [0.1, 0.15) is 0 Å². The molecule has 4 heteroatoms. The van der Waals surface area contributed by atoms with E-state index in [-0.39, 0.29) is 22.8 Å². The second kappa shape index (κ2) is 10.6. The maximum atomic E-state index is 11.7. The topological polar surface area (TPSA) is 35.5 Å². The summed E-state index contributed by atoms with van der Waals surface area (Å²) in [5.41, 5.74) is 0. The van der Waals surface area contributed by atoms with Gasteiger partial charge in [0, 0.05) is 11.4 Å². The molecule has 0 heterocycles. The zero-order chi connectivity index (χ0) is 14.8. The molecule has 0 N–H and O–H groups in total. The van der Waals surface area contributed by atoms with Gasteiger partial charge < -0.3 is 9.47 Å². The molecule has 0 aromatic carbocycles. The monoisotopic (exact) mass is 348 g/mol. The van der Waals surface area contributed by atoms with Crippen molar-refractivity contribution in [2.24, 2.45) is 5.92 Å². The number of carbonyl (C=O) groups excluding carboxylic acids is 1. The molecule has 0 aromatic rings. The van der Waals surface area contributed by atoms with Crippen LogP contribution in [0.2, 0.25) is 0 Å². The molecular weight excluding hydrogens is 320 g/mol. The fourth-order valence-corrected chi connectivity index (χ4v) is 3.51. The van der Waals surface area contributed by atoms with Crippen LogP contribution in [0, 0.1) is 5.92 Å². The van der Waals surface area contributed by atoms with Crippen molar-refractivity contribution in [1.29, 1.82) is 0 Å². The lowest BCUT2D eigenvalue weighted by Crippen LogP contribution is -2.19. The summed E-state index contributed by atoms with van der Waals surface area (Å²) in [6.07, 6.45) is 9.46. The van der Waals surface area contributed by atoms with Gasteiger partial charge in [-0.3, -0.25) is 4.79 Å². The summed E-state index contributed by atoms with van der Waals surface area (Å²) in [6, 6.07) is 0. The van der Waals surface area contributed by atoms with Gasteiger partial charge >= 0.3 is 5.97 Å². The maximum absolute atomic E-state index is 11.7. The Morgan fingerprint density at radius 3 is 2.50 bits per heavy atom.